The lowest BCUT2D eigenvalue weighted by atomic mass is 9.96. The van der Waals surface area contributed by atoms with Crippen LogP contribution >= 0.6 is 68.9 Å². The smallest absolute Gasteiger partial charge is 0.114 e. The third kappa shape index (κ3) is 9.79. The van der Waals surface area contributed by atoms with Gasteiger partial charge in [0.05, 0.1) is 11.4 Å². The van der Waals surface area contributed by atoms with Crippen molar-refractivity contribution in [1.82, 2.24) is 0 Å². The summed E-state index contributed by atoms with van der Waals surface area (Å²) in [5.41, 5.74) is 5.59. The second-order valence-electron chi connectivity index (χ2n) is 17.2. The topological polar surface area (TPSA) is 15.3 Å². The first-order chi connectivity index (χ1) is 26.4. The molecule has 5 aromatic rings. The minimum Gasteiger partial charge on any atom is -0.367 e. The van der Waals surface area contributed by atoms with Gasteiger partial charge in [0.25, 0.3) is 0 Å². The zero-order chi connectivity index (χ0) is 38.8. The van der Waals surface area contributed by atoms with Crippen LogP contribution in [0.4, 0.5) is 11.4 Å². The van der Waals surface area contributed by atoms with E-state index in [1.807, 2.05) is 57.1 Å². The van der Waals surface area contributed by atoms with E-state index in [-0.39, 0.29) is 10.7 Å². The lowest BCUT2D eigenvalue weighted by Crippen LogP contribution is -2.17. The first kappa shape index (κ1) is 41.5. The monoisotopic (exact) mass is 846 g/mol. The maximum absolute atomic E-state index is 4.17. The van der Waals surface area contributed by atoms with Crippen LogP contribution in [0.2, 0.25) is 0 Å². The van der Waals surface area contributed by atoms with Gasteiger partial charge in [-0.05, 0) is 112 Å². The Hall–Kier alpha value is -1.68. The molecule has 0 spiro atoms. The molecule has 0 radical (unpaired) electrons. The molecule has 2 nitrogen and oxygen atoms in total. The number of thiophene rings is 4. The quantitative estimate of drug-likeness (QED) is 0.0944. The first-order valence-electron chi connectivity index (χ1n) is 20.8. The van der Waals surface area contributed by atoms with Crippen molar-refractivity contribution in [2.75, 3.05) is 17.3 Å². The van der Waals surface area contributed by atoms with Crippen LogP contribution in [-0.4, -0.2) is 7.05 Å². The van der Waals surface area contributed by atoms with Gasteiger partial charge in [0.2, 0.25) is 0 Å². The van der Waals surface area contributed by atoms with Gasteiger partial charge >= 0.3 is 0 Å². The van der Waals surface area contributed by atoms with Crippen LogP contribution in [0, 0.1) is 37.5 Å². The molecule has 55 heavy (non-hydrogen) atoms. The third-order valence-corrected chi connectivity index (χ3v) is 18.8. The summed E-state index contributed by atoms with van der Waals surface area (Å²) in [6, 6.07) is 19.1. The summed E-state index contributed by atoms with van der Waals surface area (Å²) in [5, 5.41) is 4.66. The summed E-state index contributed by atoms with van der Waals surface area (Å²) in [5.74, 6) is 3.20. The molecule has 8 heteroatoms. The van der Waals surface area contributed by atoms with Gasteiger partial charge < -0.3 is 10.2 Å². The summed E-state index contributed by atoms with van der Waals surface area (Å²) >= 11 is 12.1. The van der Waals surface area contributed by atoms with Crippen LogP contribution in [0.1, 0.15) is 133 Å². The number of nitrogens with zero attached hydrogens (tertiary/aromatic N) is 1. The fourth-order valence-corrected chi connectivity index (χ4v) is 15.3. The number of aryl methyl sites for hydroxylation is 4. The molecule has 296 valence electrons. The van der Waals surface area contributed by atoms with Crippen molar-refractivity contribution in [3.05, 3.63) is 77.8 Å². The highest BCUT2D eigenvalue weighted by atomic mass is 32.2. The van der Waals surface area contributed by atoms with Crippen molar-refractivity contribution < 1.29 is 0 Å². The van der Waals surface area contributed by atoms with E-state index in [4.69, 9.17) is 0 Å². The van der Waals surface area contributed by atoms with E-state index in [2.05, 4.69) is 133 Å². The van der Waals surface area contributed by atoms with Gasteiger partial charge in [0.15, 0.2) is 0 Å². The van der Waals surface area contributed by atoms with Crippen LogP contribution in [0.3, 0.4) is 0 Å². The number of anilines is 2. The van der Waals surface area contributed by atoms with Crippen molar-refractivity contribution in [3.63, 3.8) is 0 Å². The molecular weight excluding hydrogens is 785 g/mol. The highest BCUT2D eigenvalue weighted by Crippen LogP contribution is 2.67. The fourth-order valence-electron chi connectivity index (χ4n) is 8.11. The zero-order valence-corrected chi connectivity index (χ0v) is 39.4. The van der Waals surface area contributed by atoms with Gasteiger partial charge in [-0.3, -0.25) is 0 Å². The fraction of sp³-hybridized carbons (Fsp3) is 0.532. The van der Waals surface area contributed by atoms with Gasteiger partial charge in [-0.25, -0.2) is 0 Å². The molecule has 1 N–H and O–H groups in total. The zero-order valence-electron chi connectivity index (χ0n) is 34.6. The maximum atomic E-state index is 4.17. The Morgan fingerprint density at radius 2 is 1.13 bits per heavy atom. The molecular formula is C47H62N2S6. The standard InChI is InChI=1S/C47H62N2S6/c1-28(2)12-10-14-30(5)16-20-34-22-26-38(52-34)46-48-42-40(36-24-18-32(7)50-36)45-43(41(44(42)54-46)37-25-19-33(8)51-37)49(9)47(55-45)39-27-23-35(53-39)21-17-31(6)15-11-13-29(3)4/h18-19,22-31,46-48H,10-17,20-21H2,1-9H3. The SMILES string of the molecule is Cc1ccc(-c2c3c(c(-c4ccc(C)s4)c4c2SC(c2ccc(CCC(C)CCCC(C)C)s2)N4C)SC(c2ccc(CCC(C)CCCC(C)C)s2)N3)s1. The van der Waals surface area contributed by atoms with Crippen LogP contribution in [0.25, 0.3) is 20.9 Å². The molecule has 2 aliphatic rings. The molecule has 4 aromatic heterocycles. The summed E-state index contributed by atoms with van der Waals surface area (Å²) in [6.45, 7) is 18.8. The van der Waals surface area contributed by atoms with E-state index in [1.54, 1.807) is 0 Å². The molecule has 0 bridgehead atoms. The van der Waals surface area contributed by atoms with E-state index in [0.29, 0.717) is 0 Å². The average Bonchev–Trinajstić information content (AvgIpc) is 3.99. The Kier molecular flexibility index (Phi) is 13.9. The van der Waals surface area contributed by atoms with Crippen molar-refractivity contribution in [3.8, 4) is 20.9 Å². The largest absolute Gasteiger partial charge is 0.367 e. The lowest BCUT2D eigenvalue weighted by molar-refractivity contribution is 0.437. The Balaban J connectivity index is 1.17. The highest BCUT2D eigenvalue weighted by molar-refractivity contribution is 8.01. The maximum Gasteiger partial charge on any atom is 0.114 e. The Morgan fingerprint density at radius 3 is 1.67 bits per heavy atom. The van der Waals surface area contributed by atoms with Gasteiger partial charge in [-0.2, -0.15) is 0 Å². The summed E-state index contributed by atoms with van der Waals surface area (Å²) < 4.78 is 0. The van der Waals surface area contributed by atoms with E-state index in [0.717, 1.165) is 23.7 Å². The first-order valence-corrected chi connectivity index (χ1v) is 25.8. The van der Waals surface area contributed by atoms with E-state index in [9.17, 15) is 0 Å². The van der Waals surface area contributed by atoms with E-state index >= 15 is 0 Å². The second kappa shape index (κ2) is 18.5. The second-order valence-corrected chi connectivity index (χ2v) is 24.4. The third-order valence-electron chi connectivity index (χ3n) is 11.4. The number of fused-ring (bicyclic) bond motifs is 2. The van der Waals surface area contributed by atoms with Crippen molar-refractivity contribution >= 4 is 80.2 Å². The van der Waals surface area contributed by atoms with Crippen molar-refractivity contribution in [2.24, 2.45) is 23.7 Å². The number of thioether (sulfide) groups is 2. The number of hydrogen-bond donors (Lipinski definition) is 1. The van der Waals surface area contributed by atoms with Gasteiger partial charge in [0.1, 0.15) is 10.7 Å². The number of benzene rings is 1. The van der Waals surface area contributed by atoms with Gasteiger partial charge in [-0.15, -0.1) is 45.3 Å². The predicted molar refractivity (Wildman–Crippen MR) is 253 cm³/mol. The summed E-state index contributed by atoms with van der Waals surface area (Å²) in [6.07, 6.45) is 13.1. The van der Waals surface area contributed by atoms with E-state index < -0.39 is 0 Å². The minimum absolute atomic E-state index is 0.220. The summed E-state index contributed by atoms with van der Waals surface area (Å²) in [4.78, 5) is 17.0. The molecule has 4 unspecified atom stereocenters. The van der Waals surface area contributed by atoms with Crippen LogP contribution < -0.4 is 10.2 Å². The van der Waals surface area contributed by atoms with Crippen molar-refractivity contribution in [2.45, 2.75) is 140 Å². The molecule has 0 fully saturated rings. The summed E-state index contributed by atoms with van der Waals surface area (Å²) in [7, 11) is 2.36. The highest BCUT2D eigenvalue weighted by Gasteiger charge is 2.41. The molecule has 6 heterocycles. The van der Waals surface area contributed by atoms with Crippen LogP contribution in [0.15, 0.2) is 58.3 Å². The molecule has 0 amide bonds. The van der Waals surface area contributed by atoms with Gasteiger partial charge in [0, 0.05) is 67.0 Å². The van der Waals surface area contributed by atoms with Crippen molar-refractivity contribution in [1.29, 1.82) is 0 Å². The van der Waals surface area contributed by atoms with Crippen LogP contribution in [0.5, 0.6) is 0 Å². The molecule has 7 rings (SSSR count). The number of rotatable bonds is 18. The number of hydrogen-bond acceptors (Lipinski definition) is 8. The van der Waals surface area contributed by atoms with Gasteiger partial charge in [-0.1, -0.05) is 104 Å². The molecule has 2 aliphatic heterocycles. The molecule has 0 saturated carbocycles. The molecule has 0 saturated heterocycles. The minimum atomic E-state index is 0.220. The molecule has 1 aromatic carbocycles. The average molecular weight is 847 g/mol. The van der Waals surface area contributed by atoms with E-state index in [1.165, 1.54) is 136 Å². The van der Waals surface area contributed by atoms with Crippen LogP contribution in [-0.2, 0) is 12.8 Å². The Morgan fingerprint density at radius 1 is 0.582 bits per heavy atom. The lowest BCUT2D eigenvalue weighted by Gasteiger charge is -2.24. The Bertz CT molecular complexity index is 2030. The normalized spacial score (nSPS) is 17.7. The molecule has 4 atom stereocenters. The predicted octanol–water partition coefficient (Wildman–Crippen LogP) is 17.1. The number of nitrogens with one attached hydrogen (secondary N) is 1. The Labute approximate surface area is 357 Å². The molecule has 0 aliphatic carbocycles.